The van der Waals surface area contributed by atoms with Gasteiger partial charge >= 0.3 is 5.69 Å². The van der Waals surface area contributed by atoms with Crippen LogP contribution in [0, 0.1) is 12.7 Å². The van der Waals surface area contributed by atoms with E-state index in [1.54, 1.807) is 20.2 Å². The highest BCUT2D eigenvalue weighted by molar-refractivity contribution is 6.31. The summed E-state index contributed by atoms with van der Waals surface area (Å²) in [5.74, 6) is -0.501. The van der Waals surface area contributed by atoms with Gasteiger partial charge in [-0.2, -0.15) is 5.10 Å². The summed E-state index contributed by atoms with van der Waals surface area (Å²) in [6.45, 7) is 1.48. The molecule has 0 amide bonds. The molecule has 1 aromatic carbocycles. The number of rotatable bonds is 2. The lowest BCUT2D eigenvalue weighted by Crippen LogP contribution is -2.35. The van der Waals surface area contributed by atoms with Crippen molar-refractivity contribution >= 4 is 22.5 Å². The van der Waals surface area contributed by atoms with E-state index in [9.17, 15) is 14.0 Å². The fourth-order valence-electron chi connectivity index (χ4n) is 2.29. The number of fused-ring (bicyclic) bond motifs is 1. The predicted molar refractivity (Wildman–Crippen MR) is 80.8 cm³/mol. The van der Waals surface area contributed by atoms with Gasteiger partial charge in [-0.1, -0.05) is 11.6 Å². The van der Waals surface area contributed by atoms with E-state index in [4.69, 9.17) is 11.6 Å². The number of nitrogens with one attached hydrogen (secondary N) is 1. The first-order chi connectivity index (χ1) is 10.4. The van der Waals surface area contributed by atoms with Crippen molar-refractivity contribution in [1.29, 1.82) is 0 Å². The summed E-state index contributed by atoms with van der Waals surface area (Å²) in [5, 5.41) is 4.55. The van der Waals surface area contributed by atoms with E-state index in [-0.39, 0.29) is 11.9 Å². The zero-order valence-electron chi connectivity index (χ0n) is 11.9. The maximum atomic E-state index is 13.7. The van der Waals surface area contributed by atoms with Crippen LogP contribution in [-0.4, -0.2) is 19.3 Å². The molecule has 0 radical (unpaired) electrons. The fraction of sp³-hybridized carbons (Fsp3) is 0.214. The third-order valence-electron chi connectivity index (χ3n) is 3.42. The molecule has 0 saturated carbocycles. The summed E-state index contributed by atoms with van der Waals surface area (Å²) in [5.41, 5.74) is -0.126. The molecule has 8 heteroatoms. The minimum absolute atomic E-state index is 0.0841. The molecule has 0 bridgehead atoms. The van der Waals surface area contributed by atoms with Crippen LogP contribution in [0.25, 0.3) is 10.9 Å². The molecule has 2 aromatic heterocycles. The average molecular weight is 323 g/mol. The van der Waals surface area contributed by atoms with Crippen LogP contribution in [0.5, 0.6) is 0 Å². The summed E-state index contributed by atoms with van der Waals surface area (Å²) < 4.78 is 16.1. The van der Waals surface area contributed by atoms with Crippen LogP contribution in [0.4, 0.5) is 4.39 Å². The topological polar surface area (TPSA) is 72.7 Å². The average Bonchev–Trinajstić information content (AvgIpc) is 2.75. The van der Waals surface area contributed by atoms with Crippen molar-refractivity contribution in [2.45, 2.75) is 13.5 Å². The van der Waals surface area contributed by atoms with Gasteiger partial charge in [0.25, 0.3) is 5.56 Å². The van der Waals surface area contributed by atoms with Crippen LogP contribution in [0.3, 0.4) is 0 Å². The van der Waals surface area contributed by atoms with Gasteiger partial charge in [0.15, 0.2) is 0 Å². The van der Waals surface area contributed by atoms with Crippen LogP contribution < -0.4 is 11.2 Å². The van der Waals surface area contributed by atoms with E-state index in [0.29, 0.717) is 21.8 Å². The molecule has 3 rings (SSSR count). The first kappa shape index (κ1) is 14.5. The van der Waals surface area contributed by atoms with Crippen molar-refractivity contribution < 1.29 is 4.39 Å². The minimum Gasteiger partial charge on any atom is -0.307 e. The van der Waals surface area contributed by atoms with Crippen LogP contribution in [0.1, 0.15) is 11.3 Å². The molecule has 3 aromatic rings. The molecule has 0 fully saturated rings. The maximum Gasteiger partial charge on any atom is 0.329 e. The first-order valence-electron chi connectivity index (χ1n) is 6.48. The Balaban J connectivity index is 2.22. The highest BCUT2D eigenvalue weighted by Crippen LogP contribution is 2.15. The maximum absolute atomic E-state index is 13.7. The highest BCUT2D eigenvalue weighted by atomic mass is 35.5. The number of aryl methyl sites for hydroxylation is 2. The number of aromatic amines is 1. The minimum atomic E-state index is -0.592. The number of H-pyrrole nitrogens is 1. The zero-order chi connectivity index (χ0) is 16.0. The second-order valence-electron chi connectivity index (χ2n) is 5.07. The van der Waals surface area contributed by atoms with Crippen molar-refractivity contribution in [3.8, 4) is 0 Å². The van der Waals surface area contributed by atoms with Crippen LogP contribution in [0.15, 0.2) is 27.9 Å². The number of aromatic nitrogens is 4. The van der Waals surface area contributed by atoms with E-state index >= 15 is 0 Å². The summed E-state index contributed by atoms with van der Waals surface area (Å²) in [4.78, 5) is 27.1. The molecule has 0 aliphatic heterocycles. The van der Waals surface area contributed by atoms with E-state index in [0.717, 1.165) is 10.6 Å². The van der Waals surface area contributed by atoms with Gasteiger partial charge in [0.2, 0.25) is 0 Å². The Bertz CT molecular complexity index is 1000. The molecular weight excluding hydrogens is 311 g/mol. The molecule has 0 spiro atoms. The Morgan fingerprint density at radius 1 is 1.36 bits per heavy atom. The molecule has 22 heavy (non-hydrogen) atoms. The van der Waals surface area contributed by atoms with Gasteiger partial charge in [0, 0.05) is 13.2 Å². The molecule has 0 aliphatic carbocycles. The normalized spacial score (nSPS) is 11.3. The van der Waals surface area contributed by atoms with Crippen LogP contribution >= 0.6 is 11.6 Å². The van der Waals surface area contributed by atoms with Gasteiger partial charge in [-0.05, 0) is 24.6 Å². The Kier molecular flexibility index (Phi) is 3.37. The second-order valence-corrected chi connectivity index (χ2v) is 5.47. The number of halogens is 2. The lowest BCUT2D eigenvalue weighted by atomic mass is 10.1. The summed E-state index contributed by atoms with van der Waals surface area (Å²) in [6, 6.07) is 2.56. The van der Waals surface area contributed by atoms with Gasteiger partial charge in [0.05, 0.1) is 22.5 Å². The molecule has 1 N–H and O–H groups in total. The Labute approximate surface area is 128 Å². The molecule has 6 nitrogen and oxygen atoms in total. The monoisotopic (exact) mass is 322 g/mol. The van der Waals surface area contributed by atoms with Crippen molar-refractivity contribution in [2.24, 2.45) is 7.05 Å². The quantitative estimate of drug-likeness (QED) is 0.778. The molecule has 0 unspecified atom stereocenters. The fourth-order valence-corrected chi connectivity index (χ4v) is 2.53. The van der Waals surface area contributed by atoms with E-state index < -0.39 is 17.1 Å². The lowest BCUT2D eigenvalue weighted by Gasteiger charge is -2.06. The molecule has 0 saturated heterocycles. The Morgan fingerprint density at radius 2 is 2.09 bits per heavy atom. The number of hydrogen-bond donors (Lipinski definition) is 1. The highest BCUT2D eigenvalue weighted by Gasteiger charge is 2.13. The van der Waals surface area contributed by atoms with Gasteiger partial charge in [-0.15, -0.1) is 0 Å². The molecule has 0 atom stereocenters. The predicted octanol–water partition coefficient (Wildman–Crippen LogP) is 1.57. The summed E-state index contributed by atoms with van der Waals surface area (Å²) >= 11 is 5.99. The molecule has 2 heterocycles. The first-order valence-corrected chi connectivity index (χ1v) is 6.85. The summed E-state index contributed by atoms with van der Waals surface area (Å²) in [6.07, 6.45) is 1.57. The van der Waals surface area contributed by atoms with Crippen molar-refractivity contribution in [2.75, 3.05) is 0 Å². The van der Waals surface area contributed by atoms with Crippen molar-refractivity contribution in [1.82, 2.24) is 19.3 Å². The Hall–Kier alpha value is -2.41. The van der Waals surface area contributed by atoms with Gasteiger partial charge < -0.3 is 4.98 Å². The standard InChI is InChI=1S/C14H12ClFN4O2/c1-7-3-11-8(4-10(7)16)13(21)20(14(22)17-11)6-12-9(15)5-19(2)18-12/h3-5H,6H2,1-2H3,(H,17,22). The summed E-state index contributed by atoms with van der Waals surface area (Å²) in [7, 11) is 1.68. The smallest absolute Gasteiger partial charge is 0.307 e. The Morgan fingerprint density at radius 3 is 2.73 bits per heavy atom. The van der Waals surface area contributed by atoms with Crippen LogP contribution in [-0.2, 0) is 13.6 Å². The third kappa shape index (κ3) is 2.33. The zero-order valence-corrected chi connectivity index (χ0v) is 12.6. The lowest BCUT2D eigenvalue weighted by molar-refractivity contribution is 0.619. The number of benzene rings is 1. The van der Waals surface area contributed by atoms with Crippen molar-refractivity contribution in [3.63, 3.8) is 0 Å². The van der Waals surface area contributed by atoms with E-state index in [1.807, 2.05) is 0 Å². The van der Waals surface area contributed by atoms with Gasteiger partial charge in [-0.3, -0.25) is 14.0 Å². The third-order valence-corrected chi connectivity index (χ3v) is 3.74. The van der Waals surface area contributed by atoms with Gasteiger partial charge in [0.1, 0.15) is 11.5 Å². The van der Waals surface area contributed by atoms with E-state index in [1.165, 1.54) is 10.7 Å². The molecular formula is C14H12ClFN4O2. The van der Waals surface area contributed by atoms with Crippen molar-refractivity contribution in [3.05, 3.63) is 61.3 Å². The van der Waals surface area contributed by atoms with Crippen LogP contribution in [0.2, 0.25) is 5.02 Å². The molecule has 0 aliphatic rings. The second kappa shape index (κ2) is 5.10. The number of hydrogen-bond acceptors (Lipinski definition) is 3. The largest absolute Gasteiger partial charge is 0.329 e. The SMILES string of the molecule is Cc1cc2[nH]c(=O)n(Cc3nn(C)cc3Cl)c(=O)c2cc1F. The number of nitrogens with zero attached hydrogens (tertiary/aromatic N) is 3. The molecule has 114 valence electrons. The van der Waals surface area contributed by atoms with E-state index in [2.05, 4.69) is 10.1 Å². The van der Waals surface area contributed by atoms with Gasteiger partial charge in [-0.25, -0.2) is 9.18 Å².